The molecule has 4 rings (SSSR count). The minimum absolute atomic E-state index is 1.23. The second-order valence-corrected chi connectivity index (χ2v) is 28.8. The van der Waals surface area contributed by atoms with E-state index in [0.29, 0.717) is 0 Å². The van der Waals surface area contributed by atoms with Crippen molar-refractivity contribution in [3.63, 3.8) is 0 Å². The van der Waals surface area contributed by atoms with Gasteiger partial charge in [-0.2, -0.15) is 0 Å². The van der Waals surface area contributed by atoms with Crippen molar-refractivity contribution in [2.75, 3.05) is 0 Å². The summed E-state index contributed by atoms with van der Waals surface area (Å²) < 4.78 is 3.86. The van der Waals surface area contributed by atoms with E-state index in [1.165, 1.54) is 38.5 Å². The molecule has 0 saturated heterocycles. The van der Waals surface area contributed by atoms with Gasteiger partial charge in [0.1, 0.15) is 0 Å². The zero-order chi connectivity index (χ0) is 20.8. The molecule has 2 aromatic rings. The summed E-state index contributed by atoms with van der Waals surface area (Å²) in [5, 5.41) is 3.33. The van der Waals surface area contributed by atoms with Crippen LogP contribution in [0.25, 0.3) is 0 Å². The molecule has 0 atom stereocenters. The molecule has 0 aromatic heterocycles. The summed E-state index contributed by atoms with van der Waals surface area (Å²) in [7, 11) is 0. The van der Waals surface area contributed by atoms with Crippen molar-refractivity contribution in [1.29, 1.82) is 0 Å². The quantitative estimate of drug-likeness (QED) is 0.314. The monoisotopic (exact) mass is 577 g/mol. The Bertz CT molecular complexity index is 887. The van der Waals surface area contributed by atoms with Crippen LogP contribution in [0.5, 0.6) is 0 Å². The third-order valence-corrected chi connectivity index (χ3v) is 36.5. The maximum absolute atomic E-state index is 2.48. The van der Waals surface area contributed by atoms with E-state index in [9.17, 15) is 0 Å². The van der Waals surface area contributed by atoms with Gasteiger partial charge in [0.15, 0.2) is 0 Å². The molecule has 0 heterocycles. The molecule has 0 spiro atoms. The SMILES string of the molecule is CCCC1=[C]([Hf]([C]2=C(CCC)C=CC2)[SiH](c2ccccc2)c2ccccc2)CC=C1. The van der Waals surface area contributed by atoms with Gasteiger partial charge in [-0.15, -0.1) is 0 Å². The van der Waals surface area contributed by atoms with Crippen LogP contribution in [-0.2, 0) is 20.6 Å². The van der Waals surface area contributed by atoms with Gasteiger partial charge in [0.2, 0.25) is 0 Å². The third-order valence-electron chi connectivity index (χ3n) is 6.30. The van der Waals surface area contributed by atoms with Gasteiger partial charge in [-0.25, -0.2) is 0 Å². The normalized spacial score (nSPS) is 15.7. The Kier molecular flexibility index (Phi) is 7.73. The summed E-state index contributed by atoms with van der Waals surface area (Å²) in [6, 6.07) is 23.2. The summed E-state index contributed by atoms with van der Waals surface area (Å²) in [6.07, 6.45) is 17.4. The molecule has 2 aromatic carbocycles. The van der Waals surface area contributed by atoms with Gasteiger partial charge in [-0.1, -0.05) is 0 Å². The second kappa shape index (κ2) is 10.7. The van der Waals surface area contributed by atoms with E-state index in [2.05, 4.69) is 98.8 Å². The predicted molar refractivity (Wildman–Crippen MR) is 131 cm³/mol. The van der Waals surface area contributed by atoms with E-state index < -0.39 is 26.6 Å². The molecule has 2 heteroatoms. The zero-order valence-corrected chi connectivity index (χ0v) is 23.2. The molecular formula is C28H33HfSi. The van der Waals surface area contributed by atoms with E-state index in [-0.39, 0.29) is 0 Å². The fourth-order valence-electron chi connectivity index (χ4n) is 5.02. The van der Waals surface area contributed by atoms with Gasteiger partial charge in [0.25, 0.3) is 0 Å². The first kappa shape index (κ1) is 21.7. The number of benzene rings is 2. The molecule has 0 unspecified atom stereocenters. The first-order valence-corrected chi connectivity index (χ1v) is 23.1. The molecule has 0 nitrogen and oxygen atoms in total. The predicted octanol–water partition coefficient (Wildman–Crippen LogP) is 6.17. The zero-order valence-electron chi connectivity index (χ0n) is 18.4. The van der Waals surface area contributed by atoms with Crippen molar-refractivity contribution in [2.45, 2.75) is 52.4 Å². The van der Waals surface area contributed by atoms with Crippen molar-refractivity contribution < 1.29 is 20.6 Å². The Morgan fingerprint density at radius 1 is 0.667 bits per heavy atom. The van der Waals surface area contributed by atoms with Gasteiger partial charge < -0.3 is 0 Å². The molecule has 0 radical (unpaired) electrons. The van der Waals surface area contributed by atoms with Gasteiger partial charge >= 0.3 is 192 Å². The van der Waals surface area contributed by atoms with Crippen molar-refractivity contribution in [3.8, 4) is 0 Å². The summed E-state index contributed by atoms with van der Waals surface area (Å²) in [4.78, 5) is 0. The Labute approximate surface area is 191 Å². The van der Waals surface area contributed by atoms with Crippen molar-refractivity contribution >= 4 is 16.4 Å². The third kappa shape index (κ3) is 4.70. The van der Waals surface area contributed by atoms with E-state index >= 15 is 0 Å². The van der Waals surface area contributed by atoms with E-state index in [4.69, 9.17) is 0 Å². The molecule has 2 aliphatic rings. The first-order valence-electron chi connectivity index (χ1n) is 11.6. The standard InChI is InChI=1S/C12H11Si.2C8H11.Hf/c1-3-7-11(8-4-1)13-12-9-5-2-6-10-12;2*1-2-5-8-6-3-4-7-8;/h1-10,13H;2*3,6H,2,4-5H2,1H3;. The van der Waals surface area contributed by atoms with Crippen LogP contribution < -0.4 is 10.4 Å². The van der Waals surface area contributed by atoms with E-state index in [1.54, 1.807) is 21.5 Å². The van der Waals surface area contributed by atoms with Gasteiger partial charge in [0, 0.05) is 0 Å². The Hall–Kier alpha value is -1.51. The molecule has 0 saturated carbocycles. The molecule has 0 fully saturated rings. The van der Waals surface area contributed by atoms with Crippen LogP contribution in [0.3, 0.4) is 0 Å². The molecule has 153 valence electrons. The summed E-state index contributed by atoms with van der Waals surface area (Å²) >= 11 is -2.32. The molecule has 0 N–H and O–H groups in total. The Morgan fingerprint density at radius 3 is 1.50 bits per heavy atom. The van der Waals surface area contributed by atoms with Crippen LogP contribution in [0, 0.1) is 0 Å². The second-order valence-electron chi connectivity index (χ2n) is 8.39. The number of hydrogen-bond acceptors (Lipinski definition) is 0. The van der Waals surface area contributed by atoms with E-state index in [1.807, 2.05) is 6.66 Å². The fraction of sp³-hybridized carbons (Fsp3) is 0.286. The summed E-state index contributed by atoms with van der Waals surface area (Å²) in [6.45, 7) is 4.67. The van der Waals surface area contributed by atoms with Crippen molar-refractivity contribution in [2.24, 2.45) is 0 Å². The maximum atomic E-state index is 2.48. The first-order chi connectivity index (χ1) is 14.8. The van der Waals surface area contributed by atoms with Crippen LogP contribution >= 0.6 is 0 Å². The van der Waals surface area contributed by atoms with Crippen molar-refractivity contribution in [3.05, 3.63) is 103 Å². The van der Waals surface area contributed by atoms with Gasteiger partial charge in [-0.3, -0.25) is 0 Å². The number of allylic oxidation sites excluding steroid dienone is 8. The topological polar surface area (TPSA) is 0 Å². The van der Waals surface area contributed by atoms with Crippen LogP contribution in [0.2, 0.25) is 0 Å². The van der Waals surface area contributed by atoms with E-state index in [0.717, 1.165) is 0 Å². The minimum atomic E-state index is -2.32. The number of rotatable bonds is 9. The molecule has 0 bridgehead atoms. The fourth-order valence-corrected chi connectivity index (χ4v) is 39.5. The van der Waals surface area contributed by atoms with Crippen LogP contribution in [-0.4, -0.2) is 5.98 Å². The molecular weight excluding hydrogens is 543 g/mol. The van der Waals surface area contributed by atoms with Gasteiger partial charge in [0.05, 0.1) is 0 Å². The Morgan fingerprint density at radius 2 is 1.10 bits per heavy atom. The molecule has 0 aliphatic heterocycles. The average molecular weight is 576 g/mol. The van der Waals surface area contributed by atoms with Crippen LogP contribution in [0.15, 0.2) is 103 Å². The summed E-state index contributed by atoms with van der Waals surface area (Å²) in [5.41, 5.74) is 3.42. The molecule has 2 aliphatic carbocycles. The van der Waals surface area contributed by atoms with Crippen molar-refractivity contribution in [1.82, 2.24) is 0 Å². The average Bonchev–Trinajstić information content (AvgIpc) is 3.43. The van der Waals surface area contributed by atoms with Crippen LogP contribution in [0.1, 0.15) is 52.4 Å². The van der Waals surface area contributed by atoms with Crippen LogP contribution in [0.4, 0.5) is 0 Å². The summed E-state index contributed by atoms with van der Waals surface area (Å²) in [5.74, 6) is -1.28. The van der Waals surface area contributed by atoms with Gasteiger partial charge in [-0.05, 0) is 0 Å². The Balaban J connectivity index is 1.91. The number of hydrogen-bond donors (Lipinski definition) is 0. The molecule has 30 heavy (non-hydrogen) atoms. The molecule has 0 amide bonds.